The highest BCUT2D eigenvalue weighted by atomic mass is 14.9. The molecule has 1 atom stereocenters. The third-order valence-electron chi connectivity index (χ3n) is 2.78. The van der Waals surface area contributed by atoms with Gasteiger partial charge in [-0.15, -0.1) is 0 Å². The van der Waals surface area contributed by atoms with Crippen molar-refractivity contribution in [1.82, 2.24) is 5.32 Å². The van der Waals surface area contributed by atoms with E-state index in [0.29, 0.717) is 6.04 Å². The molecule has 0 amide bonds. The van der Waals surface area contributed by atoms with Gasteiger partial charge in [0.05, 0.1) is 0 Å². The molecule has 0 saturated carbocycles. The van der Waals surface area contributed by atoms with Crippen molar-refractivity contribution in [3.05, 3.63) is 11.6 Å². The van der Waals surface area contributed by atoms with E-state index in [4.69, 9.17) is 0 Å². The van der Waals surface area contributed by atoms with Crippen molar-refractivity contribution in [3.8, 4) is 0 Å². The molecule has 0 bridgehead atoms. The van der Waals surface area contributed by atoms with E-state index in [1.165, 1.54) is 38.5 Å². The number of rotatable bonds is 3. The van der Waals surface area contributed by atoms with Gasteiger partial charge in [-0.2, -0.15) is 0 Å². The third kappa shape index (κ3) is 2.63. The van der Waals surface area contributed by atoms with Gasteiger partial charge in [-0.1, -0.05) is 25.0 Å². The van der Waals surface area contributed by atoms with Crippen molar-refractivity contribution >= 4 is 0 Å². The molecule has 12 heavy (non-hydrogen) atoms. The monoisotopic (exact) mass is 167 g/mol. The fourth-order valence-corrected chi connectivity index (χ4v) is 2.01. The van der Waals surface area contributed by atoms with Crippen molar-refractivity contribution in [3.63, 3.8) is 0 Å². The highest BCUT2D eigenvalue weighted by Crippen LogP contribution is 2.20. The van der Waals surface area contributed by atoms with E-state index in [0.717, 1.165) is 0 Å². The van der Waals surface area contributed by atoms with E-state index in [9.17, 15) is 0 Å². The van der Waals surface area contributed by atoms with Gasteiger partial charge in [0.25, 0.3) is 0 Å². The van der Waals surface area contributed by atoms with Gasteiger partial charge >= 0.3 is 0 Å². The van der Waals surface area contributed by atoms with Gasteiger partial charge in [-0.05, 0) is 39.2 Å². The molecule has 1 rings (SSSR count). The van der Waals surface area contributed by atoms with Crippen LogP contribution in [0.4, 0.5) is 0 Å². The summed E-state index contributed by atoms with van der Waals surface area (Å²) in [6.07, 6.45) is 10.5. The molecule has 0 radical (unpaired) electrons. The lowest BCUT2D eigenvalue weighted by atomic mass is 10.0. The second-order valence-corrected chi connectivity index (χ2v) is 3.63. The lowest BCUT2D eigenvalue weighted by Gasteiger charge is -2.17. The smallest absolute Gasteiger partial charge is 0.0273 e. The van der Waals surface area contributed by atoms with Gasteiger partial charge in [0.2, 0.25) is 0 Å². The lowest BCUT2D eigenvalue weighted by Crippen LogP contribution is -2.26. The van der Waals surface area contributed by atoms with Crippen LogP contribution in [0.5, 0.6) is 0 Å². The second-order valence-electron chi connectivity index (χ2n) is 3.63. The largest absolute Gasteiger partial charge is 0.313 e. The average Bonchev–Trinajstić information content (AvgIpc) is 2.35. The molecule has 0 saturated heterocycles. The van der Waals surface area contributed by atoms with Crippen LogP contribution >= 0.6 is 0 Å². The van der Waals surface area contributed by atoms with Gasteiger partial charge in [-0.25, -0.2) is 0 Å². The fraction of sp³-hybridized carbons (Fsp3) is 0.818. The Morgan fingerprint density at radius 2 is 2.25 bits per heavy atom. The molecule has 1 aliphatic carbocycles. The number of hydrogen-bond donors (Lipinski definition) is 1. The summed E-state index contributed by atoms with van der Waals surface area (Å²) in [7, 11) is 2.07. The number of likely N-dealkylation sites (N-methyl/N-ethyl adjacent to an activating group) is 1. The zero-order valence-corrected chi connectivity index (χ0v) is 8.40. The Morgan fingerprint density at radius 3 is 2.92 bits per heavy atom. The van der Waals surface area contributed by atoms with Crippen molar-refractivity contribution in [2.24, 2.45) is 0 Å². The maximum Gasteiger partial charge on any atom is 0.0273 e. The van der Waals surface area contributed by atoms with E-state index < -0.39 is 0 Å². The van der Waals surface area contributed by atoms with Gasteiger partial charge in [0.15, 0.2) is 0 Å². The first-order chi connectivity index (χ1) is 5.88. The maximum atomic E-state index is 3.38. The number of nitrogens with one attached hydrogen (secondary N) is 1. The molecule has 0 spiro atoms. The quantitative estimate of drug-likeness (QED) is 0.637. The van der Waals surface area contributed by atoms with Crippen molar-refractivity contribution in [2.45, 2.75) is 51.5 Å². The Balaban J connectivity index is 2.50. The molecule has 0 aromatic rings. The number of allylic oxidation sites excluding steroid dienone is 1. The van der Waals surface area contributed by atoms with Crippen LogP contribution in [0.25, 0.3) is 0 Å². The molecule has 0 fully saturated rings. The summed E-state index contributed by atoms with van der Waals surface area (Å²) in [5.41, 5.74) is 1.65. The minimum atomic E-state index is 0.642. The van der Waals surface area contributed by atoms with Gasteiger partial charge in [-0.3, -0.25) is 0 Å². The van der Waals surface area contributed by atoms with E-state index in [1.54, 1.807) is 5.57 Å². The molecule has 1 unspecified atom stereocenters. The van der Waals surface area contributed by atoms with Gasteiger partial charge in [0, 0.05) is 6.04 Å². The predicted octanol–water partition coefficient (Wildman–Crippen LogP) is 2.87. The molecular weight excluding hydrogens is 146 g/mol. The molecule has 0 aromatic carbocycles. The number of hydrogen-bond acceptors (Lipinski definition) is 1. The first-order valence-corrected chi connectivity index (χ1v) is 5.24. The van der Waals surface area contributed by atoms with Crippen molar-refractivity contribution in [2.75, 3.05) is 7.05 Å². The highest BCUT2D eigenvalue weighted by Gasteiger charge is 2.10. The van der Waals surface area contributed by atoms with Crippen LogP contribution in [0.3, 0.4) is 0 Å². The van der Waals surface area contributed by atoms with E-state index in [1.807, 2.05) is 0 Å². The van der Waals surface area contributed by atoms with Crippen LogP contribution in [0.2, 0.25) is 0 Å². The minimum Gasteiger partial charge on any atom is -0.313 e. The van der Waals surface area contributed by atoms with Gasteiger partial charge in [0.1, 0.15) is 0 Å². The zero-order valence-electron chi connectivity index (χ0n) is 8.40. The first kappa shape index (κ1) is 9.79. The topological polar surface area (TPSA) is 12.0 Å². The first-order valence-electron chi connectivity index (χ1n) is 5.24. The molecule has 1 heteroatoms. The lowest BCUT2D eigenvalue weighted by molar-refractivity contribution is 0.585. The summed E-state index contributed by atoms with van der Waals surface area (Å²) in [5, 5.41) is 3.38. The van der Waals surface area contributed by atoms with E-state index in [2.05, 4.69) is 25.4 Å². The summed E-state index contributed by atoms with van der Waals surface area (Å²) < 4.78 is 0. The SMILES string of the molecule is CCC(NC)C1=CCCCCC1. The Morgan fingerprint density at radius 1 is 1.42 bits per heavy atom. The average molecular weight is 167 g/mol. The summed E-state index contributed by atoms with van der Waals surface area (Å²) >= 11 is 0. The predicted molar refractivity (Wildman–Crippen MR) is 54.3 cm³/mol. The molecule has 0 heterocycles. The Kier molecular flexibility index (Phi) is 4.37. The van der Waals surface area contributed by atoms with Crippen molar-refractivity contribution < 1.29 is 0 Å². The fourth-order valence-electron chi connectivity index (χ4n) is 2.01. The van der Waals surface area contributed by atoms with E-state index >= 15 is 0 Å². The molecule has 0 aliphatic heterocycles. The second kappa shape index (κ2) is 5.36. The Labute approximate surface area is 76.2 Å². The summed E-state index contributed by atoms with van der Waals surface area (Å²) in [4.78, 5) is 0. The third-order valence-corrected chi connectivity index (χ3v) is 2.78. The van der Waals surface area contributed by atoms with Crippen molar-refractivity contribution in [1.29, 1.82) is 0 Å². The highest BCUT2D eigenvalue weighted by molar-refractivity contribution is 5.11. The molecule has 0 aromatic heterocycles. The van der Waals surface area contributed by atoms with E-state index in [-0.39, 0.29) is 0 Å². The Bertz CT molecular complexity index is 145. The molecule has 1 nitrogen and oxygen atoms in total. The van der Waals surface area contributed by atoms with Crippen LogP contribution in [-0.4, -0.2) is 13.1 Å². The normalized spacial score (nSPS) is 21.3. The zero-order chi connectivity index (χ0) is 8.81. The molecular formula is C11H21N. The standard InChI is InChI=1S/C11H21N/c1-3-11(12-2)10-8-6-4-5-7-9-10/h8,11-12H,3-7,9H2,1-2H3. The van der Waals surface area contributed by atoms with Crippen LogP contribution in [0.1, 0.15) is 45.4 Å². The maximum absolute atomic E-state index is 3.38. The van der Waals surface area contributed by atoms with Crippen LogP contribution in [-0.2, 0) is 0 Å². The van der Waals surface area contributed by atoms with Crippen LogP contribution < -0.4 is 5.32 Å². The molecule has 1 aliphatic rings. The summed E-state index contributed by atoms with van der Waals surface area (Å²) in [6, 6.07) is 0.642. The van der Waals surface area contributed by atoms with Crippen LogP contribution in [0, 0.1) is 0 Å². The van der Waals surface area contributed by atoms with Gasteiger partial charge < -0.3 is 5.32 Å². The Hall–Kier alpha value is -0.300. The van der Waals surface area contributed by atoms with Crippen LogP contribution in [0.15, 0.2) is 11.6 Å². The summed E-state index contributed by atoms with van der Waals surface area (Å²) in [5.74, 6) is 0. The summed E-state index contributed by atoms with van der Waals surface area (Å²) in [6.45, 7) is 2.26. The minimum absolute atomic E-state index is 0.642. The molecule has 1 N–H and O–H groups in total. The molecule has 70 valence electrons.